The maximum absolute atomic E-state index is 13.3. The second-order valence-corrected chi connectivity index (χ2v) is 4.33. The first-order chi connectivity index (χ1) is 10.1. The summed E-state index contributed by atoms with van der Waals surface area (Å²) in [5.74, 6) is -1.20. The van der Waals surface area contributed by atoms with Crippen LogP contribution in [0.2, 0.25) is 0 Å². The number of aromatic nitrogens is 3. The molecule has 21 heavy (non-hydrogen) atoms. The van der Waals surface area contributed by atoms with Crippen LogP contribution >= 0.6 is 0 Å². The molecule has 0 aliphatic rings. The van der Waals surface area contributed by atoms with Gasteiger partial charge in [0.15, 0.2) is 0 Å². The fraction of sp³-hybridized carbons (Fsp3) is 0.0714. The first-order valence-electron chi connectivity index (χ1n) is 6.03. The van der Waals surface area contributed by atoms with Gasteiger partial charge in [-0.05, 0) is 30.3 Å². The number of hydrogen-bond acceptors (Lipinski definition) is 4. The number of halogens is 1. The molecule has 0 bridgehead atoms. The average molecular weight is 287 g/mol. The molecule has 106 valence electrons. The molecule has 0 fully saturated rings. The number of carboxylic acids is 1. The molecule has 7 heteroatoms. The third-order valence-corrected chi connectivity index (χ3v) is 3.06. The Balaban J connectivity index is 2.25. The summed E-state index contributed by atoms with van der Waals surface area (Å²) in [6.45, 7) is 0. The smallest absolute Gasteiger partial charge is 0.335 e. The number of benzene rings is 2. The summed E-state index contributed by atoms with van der Waals surface area (Å²) in [5.41, 5.74) is 1.63. The van der Waals surface area contributed by atoms with Gasteiger partial charge in [0, 0.05) is 6.07 Å². The van der Waals surface area contributed by atoms with E-state index in [0.29, 0.717) is 16.7 Å². The number of methoxy groups -OCH3 is 1. The Hall–Kier alpha value is -2.96. The van der Waals surface area contributed by atoms with E-state index in [2.05, 4.69) is 10.3 Å². The Morgan fingerprint density at radius 1 is 1.29 bits per heavy atom. The van der Waals surface area contributed by atoms with Crippen LogP contribution in [0.4, 0.5) is 4.39 Å². The number of hydrogen-bond donors (Lipinski definition) is 1. The summed E-state index contributed by atoms with van der Waals surface area (Å²) in [6, 6.07) is 8.47. The fourth-order valence-corrected chi connectivity index (χ4v) is 2.06. The molecule has 6 nitrogen and oxygen atoms in total. The highest BCUT2D eigenvalue weighted by Gasteiger charge is 2.14. The van der Waals surface area contributed by atoms with E-state index in [4.69, 9.17) is 9.84 Å². The van der Waals surface area contributed by atoms with Gasteiger partial charge in [-0.3, -0.25) is 0 Å². The van der Waals surface area contributed by atoms with E-state index in [1.165, 1.54) is 42.1 Å². The lowest BCUT2D eigenvalue weighted by Crippen LogP contribution is -2.02. The highest BCUT2D eigenvalue weighted by Crippen LogP contribution is 2.26. The van der Waals surface area contributed by atoms with Crippen LogP contribution in [0.25, 0.3) is 16.7 Å². The van der Waals surface area contributed by atoms with Crippen LogP contribution in [0.3, 0.4) is 0 Å². The van der Waals surface area contributed by atoms with Gasteiger partial charge >= 0.3 is 5.97 Å². The third kappa shape index (κ3) is 2.18. The zero-order valence-corrected chi connectivity index (χ0v) is 10.9. The first kappa shape index (κ1) is 13.0. The van der Waals surface area contributed by atoms with E-state index in [-0.39, 0.29) is 11.3 Å². The minimum absolute atomic E-state index is 0.118. The lowest BCUT2D eigenvalue weighted by molar-refractivity contribution is 0.0697. The van der Waals surface area contributed by atoms with E-state index in [9.17, 15) is 9.18 Å². The van der Waals surface area contributed by atoms with E-state index < -0.39 is 11.8 Å². The molecule has 3 rings (SSSR count). The summed E-state index contributed by atoms with van der Waals surface area (Å²) in [4.78, 5) is 11.1. The quantitative estimate of drug-likeness (QED) is 0.799. The SMILES string of the molecule is COc1cc(F)ccc1-n1nnc2ccc(C(=O)O)cc21. The lowest BCUT2D eigenvalue weighted by atomic mass is 10.2. The Labute approximate surface area is 118 Å². The number of carboxylic acid groups (broad SMARTS) is 1. The number of ether oxygens (including phenoxy) is 1. The van der Waals surface area contributed by atoms with Crippen LogP contribution in [0, 0.1) is 5.82 Å². The number of carbonyl (C=O) groups is 1. The molecule has 0 spiro atoms. The van der Waals surface area contributed by atoms with Gasteiger partial charge in [0.2, 0.25) is 0 Å². The normalized spacial score (nSPS) is 10.8. The molecular weight excluding hydrogens is 277 g/mol. The van der Waals surface area contributed by atoms with Crippen molar-refractivity contribution in [3.8, 4) is 11.4 Å². The van der Waals surface area contributed by atoms with Crippen molar-refractivity contribution in [1.82, 2.24) is 15.0 Å². The Kier molecular flexibility index (Phi) is 3.02. The van der Waals surface area contributed by atoms with Crippen molar-refractivity contribution < 1.29 is 19.0 Å². The molecule has 0 amide bonds. The average Bonchev–Trinajstić information content (AvgIpc) is 2.89. The summed E-state index contributed by atoms with van der Waals surface area (Å²) < 4.78 is 19.8. The van der Waals surface area contributed by atoms with E-state index in [1.54, 1.807) is 6.07 Å². The van der Waals surface area contributed by atoms with Gasteiger partial charge < -0.3 is 9.84 Å². The van der Waals surface area contributed by atoms with Crippen LogP contribution in [-0.4, -0.2) is 33.2 Å². The summed E-state index contributed by atoms with van der Waals surface area (Å²) in [7, 11) is 1.42. The molecule has 0 unspecified atom stereocenters. The molecule has 0 radical (unpaired) electrons. The number of rotatable bonds is 3. The highest BCUT2D eigenvalue weighted by molar-refractivity contribution is 5.92. The largest absolute Gasteiger partial charge is 0.494 e. The summed E-state index contributed by atoms with van der Waals surface area (Å²) >= 11 is 0. The number of aromatic carboxylic acids is 1. The van der Waals surface area contributed by atoms with Crippen molar-refractivity contribution in [3.63, 3.8) is 0 Å². The Morgan fingerprint density at radius 3 is 2.81 bits per heavy atom. The van der Waals surface area contributed by atoms with Gasteiger partial charge in [-0.25, -0.2) is 13.9 Å². The molecule has 1 heterocycles. The van der Waals surface area contributed by atoms with Crippen LogP contribution in [0.15, 0.2) is 36.4 Å². The lowest BCUT2D eigenvalue weighted by Gasteiger charge is -2.08. The first-order valence-corrected chi connectivity index (χ1v) is 6.03. The summed E-state index contributed by atoms with van der Waals surface area (Å²) in [6.07, 6.45) is 0. The van der Waals surface area contributed by atoms with Crippen LogP contribution in [-0.2, 0) is 0 Å². The van der Waals surface area contributed by atoms with Crippen molar-refractivity contribution in [1.29, 1.82) is 0 Å². The number of nitrogens with zero attached hydrogens (tertiary/aromatic N) is 3. The zero-order chi connectivity index (χ0) is 15.0. The van der Waals surface area contributed by atoms with Gasteiger partial charge in [-0.15, -0.1) is 5.10 Å². The molecule has 0 saturated carbocycles. The Bertz CT molecular complexity index is 845. The minimum atomic E-state index is -1.05. The molecule has 0 saturated heterocycles. The monoisotopic (exact) mass is 287 g/mol. The van der Waals surface area contributed by atoms with E-state index >= 15 is 0 Å². The second-order valence-electron chi connectivity index (χ2n) is 4.33. The maximum atomic E-state index is 13.3. The topological polar surface area (TPSA) is 77.2 Å². The molecule has 0 aliphatic carbocycles. The van der Waals surface area contributed by atoms with Crippen molar-refractivity contribution in [3.05, 3.63) is 47.8 Å². The maximum Gasteiger partial charge on any atom is 0.335 e. The minimum Gasteiger partial charge on any atom is -0.494 e. The molecule has 3 aromatic rings. The van der Waals surface area contributed by atoms with Gasteiger partial charge in [0.05, 0.1) is 18.2 Å². The zero-order valence-electron chi connectivity index (χ0n) is 10.9. The standard InChI is InChI=1S/C14H10FN3O3/c1-21-13-7-9(15)3-5-11(13)18-12-6-8(14(19)20)2-4-10(12)16-17-18/h2-7H,1H3,(H,19,20). The second kappa shape index (κ2) is 4.86. The van der Waals surface area contributed by atoms with Crippen LogP contribution in [0.1, 0.15) is 10.4 Å². The predicted octanol–water partition coefficient (Wildman–Crippen LogP) is 2.27. The predicted molar refractivity (Wildman–Crippen MR) is 72.3 cm³/mol. The van der Waals surface area contributed by atoms with Crippen molar-refractivity contribution in [2.45, 2.75) is 0 Å². The fourth-order valence-electron chi connectivity index (χ4n) is 2.06. The van der Waals surface area contributed by atoms with E-state index in [0.717, 1.165) is 0 Å². The van der Waals surface area contributed by atoms with Gasteiger partial charge in [0.25, 0.3) is 0 Å². The van der Waals surface area contributed by atoms with Gasteiger partial charge in [-0.2, -0.15) is 0 Å². The highest BCUT2D eigenvalue weighted by atomic mass is 19.1. The van der Waals surface area contributed by atoms with Crippen molar-refractivity contribution in [2.75, 3.05) is 7.11 Å². The Morgan fingerprint density at radius 2 is 2.10 bits per heavy atom. The molecule has 0 atom stereocenters. The van der Waals surface area contributed by atoms with Crippen LogP contribution in [0.5, 0.6) is 5.75 Å². The van der Waals surface area contributed by atoms with Gasteiger partial charge in [-0.1, -0.05) is 5.21 Å². The molecule has 1 aromatic heterocycles. The third-order valence-electron chi connectivity index (χ3n) is 3.06. The van der Waals surface area contributed by atoms with E-state index in [1.807, 2.05) is 0 Å². The van der Waals surface area contributed by atoms with Gasteiger partial charge in [0.1, 0.15) is 22.8 Å². The molecule has 2 aromatic carbocycles. The number of fused-ring (bicyclic) bond motifs is 1. The van der Waals surface area contributed by atoms with Crippen molar-refractivity contribution in [2.24, 2.45) is 0 Å². The molecule has 0 aliphatic heterocycles. The molecule has 1 N–H and O–H groups in total. The van der Waals surface area contributed by atoms with Crippen molar-refractivity contribution >= 4 is 17.0 Å². The molecular formula is C14H10FN3O3. The van der Waals surface area contributed by atoms with Crippen LogP contribution < -0.4 is 4.74 Å². The summed E-state index contributed by atoms with van der Waals surface area (Å²) in [5, 5.41) is 17.0.